The minimum Gasteiger partial charge on any atom is -0.496 e. The second kappa shape index (κ2) is 8.73. The average Bonchev–Trinajstić information content (AvgIpc) is 2.56. The lowest BCUT2D eigenvalue weighted by Gasteiger charge is -2.16. The van der Waals surface area contributed by atoms with Crippen LogP contribution >= 0.6 is 15.9 Å². The zero-order valence-corrected chi connectivity index (χ0v) is 15.7. The fraction of sp³-hybridized carbons (Fsp3) is 0.316. The number of hydrogen-bond donors (Lipinski definition) is 1. The van der Waals surface area contributed by atoms with Crippen molar-refractivity contribution in [3.63, 3.8) is 0 Å². The van der Waals surface area contributed by atoms with Gasteiger partial charge in [-0.3, -0.25) is 4.79 Å². The Morgan fingerprint density at radius 3 is 2.62 bits per heavy atom. The van der Waals surface area contributed by atoms with E-state index in [2.05, 4.69) is 21.2 Å². The molecule has 0 unspecified atom stereocenters. The summed E-state index contributed by atoms with van der Waals surface area (Å²) in [5, 5.41) is 2.98. The topological polar surface area (TPSA) is 47.6 Å². The van der Waals surface area contributed by atoms with Crippen LogP contribution in [0.2, 0.25) is 0 Å². The molecule has 1 N–H and O–H groups in total. The molecule has 2 aromatic carbocycles. The van der Waals surface area contributed by atoms with Gasteiger partial charge in [-0.2, -0.15) is 0 Å². The van der Waals surface area contributed by atoms with E-state index < -0.39 is 0 Å². The maximum atomic E-state index is 12.1. The molecule has 4 nitrogen and oxygen atoms in total. The Balaban J connectivity index is 1.83. The van der Waals surface area contributed by atoms with Crippen molar-refractivity contribution in [1.29, 1.82) is 0 Å². The summed E-state index contributed by atoms with van der Waals surface area (Å²) in [6.45, 7) is 4.29. The minimum absolute atomic E-state index is 0.0389. The van der Waals surface area contributed by atoms with Crippen molar-refractivity contribution in [3.8, 4) is 11.5 Å². The third kappa shape index (κ3) is 4.99. The van der Waals surface area contributed by atoms with Gasteiger partial charge < -0.3 is 14.8 Å². The number of ether oxygens (including phenoxy) is 2. The highest BCUT2D eigenvalue weighted by molar-refractivity contribution is 9.10. The van der Waals surface area contributed by atoms with Gasteiger partial charge in [-0.25, -0.2) is 0 Å². The molecule has 0 radical (unpaired) electrons. The molecule has 0 aliphatic rings. The number of rotatable bonds is 7. The minimum atomic E-state index is -0.0850. The zero-order valence-electron chi connectivity index (χ0n) is 14.1. The van der Waals surface area contributed by atoms with Crippen LogP contribution in [0.5, 0.6) is 11.5 Å². The van der Waals surface area contributed by atoms with Gasteiger partial charge in [0.15, 0.2) is 0 Å². The van der Waals surface area contributed by atoms with Crippen LogP contribution in [-0.2, 0) is 4.79 Å². The van der Waals surface area contributed by atoms with Crippen LogP contribution in [0.25, 0.3) is 0 Å². The summed E-state index contributed by atoms with van der Waals surface area (Å²) in [6, 6.07) is 13.5. The molecule has 2 aromatic rings. The number of para-hydroxylation sites is 1. The van der Waals surface area contributed by atoms with E-state index >= 15 is 0 Å². The highest BCUT2D eigenvalue weighted by atomic mass is 79.9. The quantitative estimate of drug-likeness (QED) is 0.759. The second-order valence-corrected chi connectivity index (χ2v) is 6.40. The van der Waals surface area contributed by atoms with Crippen molar-refractivity contribution in [2.24, 2.45) is 0 Å². The first-order chi connectivity index (χ1) is 11.5. The highest BCUT2D eigenvalue weighted by Crippen LogP contribution is 2.28. The summed E-state index contributed by atoms with van der Waals surface area (Å²) < 4.78 is 11.7. The van der Waals surface area contributed by atoms with Gasteiger partial charge in [0, 0.05) is 0 Å². The van der Waals surface area contributed by atoms with Crippen LogP contribution in [0.3, 0.4) is 0 Å². The van der Waals surface area contributed by atoms with E-state index in [0.717, 1.165) is 27.1 Å². The largest absolute Gasteiger partial charge is 0.496 e. The van der Waals surface area contributed by atoms with Crippen molar-refractivity contribution < 1.29 is 14.3 Å². The van der Waals surface area contributed by atoms with E-state index in [4.69, 9.17) is 9.47 Å². The van der Waals surface area contributed by atoms with E-state index in [1.165, 1.54) is 0 Å². The summed E-state index contributed by atoms with van der Waals surface area (Å²) >= 11 is 3.46. The Morgan fingerprint density at radius 2 is 1.96 bits per heavy atom. The van der Waals surface area contributed by atoms with Crippen molar-refractivity contribution in [1.82, 2.24) is 5.32 Å². The predicted molar refractivity (Wildman–Crippen MR) is 98.5 cm³/mol. The highest BCUT2D eigenvalue weighted by Gasteiger charge is 2.12. The predicted octanol–water partition coefficient (Wildman–Crippen LogP) is 4.41. The Kier molecular flexibility index (Phi) is 6.67. The maximum absolute atomic E-state index is 12.1. The number of amides is 1. The van der Waals surface area contributed by atoms with Gasteiger partial charge in [-0.15, -0.1) is 0 Å². The first-order valence-corrected chi connectivity index (χ1v) is 8.61. The van der Waals surface area contributed by atoms with E-state index in [1.54, 1.807) is 7.11 Å². The average molecular weight is 392 g/mol. The molecule has 1 atom stereocenters. The molecule has 0 bridgehead atoms. The second-order valence-electron chi connectivity index (χ2n) is 5.55. The molecule has 0 aromatic heterocycles. The molecule has 0 fully saturated rings. The van der Waals surface area contributed by atoms with Crippen LogP contribution in [0, 0.1) is 6.92 Å². The van der Waals surface area contributed by atoms with Crippen molar-refractivity contribution in [2.45, 2.75) is 26.3 Å². The normalized spacial score (nSPS) is 11.7. The smallest absolute Gasteiger partial charge is 0.223 e. The first kappa shape index (κ1) is 18.3. The van der Waals surface area contributed by atoms with Crippen LogP contribution in [0.1, 0.15) is 30.5 Å². The number of benzene rings is 2. The van der Waals surface area contributed by atoms with Crippen LogP contribution in [-0.4, -0.2) is 19.6 Å². The van der Waals surface area contributed by atoms with Crippen LogP contribution in [0.15, 0.2) is 46.9 Å². The van der Waals surface area contributed by atoms with Gasteiger partial charge in [-0.05, 0) is 59.1 Å². The zero-order chi connectivity index (χ0) is 17.5. The van der Waals surface area contributed by atoms with Crippen molar-refractivity contribution in [2.75, 3.05) is 13.7 Å². The molecule has 0 saturated carbocycles. The molecule has 2 rings (SSSR count). The molecule has 0 saturated heterocycles. The van der Waals surface area contributed by atoms with E-state index in [0.29, 0.717) is 13.0 Å². The van der Waals surface area contributed by atoms with Gasteiger partial charge in [-0.1, -0.05) is 24.3 Å². The summed E-state index contributed by atoms with van der Waals surface area (Å²) in [5.74, 6) is 1.55. The molecule has 24 heavy (non-hydrogen) atoms. The third-order valence-electron chi connectivity index (χ3n) is 3.73. The molecule has 5 heteroatoms. The lowest BCUT2D eigenvalue weighted by Crippen LogP contribution is -2.27. The third-order valence-corrected chi connectivity index (χ3v) is 4.35. The molecular formula is C19H22BrNO3. The Bertz CT molecular complexity index is 703. The van der Waals surface area contributed by atoms with Crippen molar-refractivity contribution in [3.05, 3.63) is 58.1 Å². The number of hydrogen-bond acceptors (Lipinski definition) is 3. The maximum Gasteiger partial charge on any atom is 0.223 e. The number of halogens is 1. The van der Waals surface area contributed by atoms with Gasteiger partial charge in [0.05, 0.1) is 30.7 Å². The molecule has 0 heterocycles. The standard InChI is InChI=1S/C19H22BrNO3/c1-13-6-4-5-7-17(13)24-11-10-19(22)21-14(2)15-8-9-18(23-3)16(20)12-15/h4-9,12,14H,10-11H2,1-3H3,(H,21,22)/t14-/m1/s1. The fourth-order valence-electron chi connectivity index (χ4n) is 2.32. The molecule has 1 amide bonds. The first-order valence-electron chi connectivity index (χ1n) is 7.82. The molecule has 0 spiro atoms. The molecule has 0 aliphatic heterocycles. The number of nitrogens with one attached hydrogen (secondary N) is 1. The number of carbonyl (C=O) groups is 1. The van der Waals surface area contributed by atoms with Gasteiger partial charge in [0.25, 0.3) is 0 Å². The number of carbonyl (C=O) groups excluding carboxylic acids is 1. The van der Waals surface area contributed by atoms with Gasteiger partial charge in [0.1, 0.15) is 11.5 Å². The monoisotopic (exact) mass is 391 g/mol. The summed E-state index contributed by atoms with van der Waals surface area (Å²) in [6.07, 6.45) is 0.315. The van der Waals surface area contributed by atoms with E-state index in [9.17, 15) is 4.79 Å². The number of aryl methyl sites for hydroxylation is 1. The SMILES string of the molecule is COc1ccc([C@@H](C)NC(=O)CCOc2ccccc2C)cc1Br. The summed E-state index contributed by atoms with van der Waals surface area (Å²) in [4.78, 5) is 12.1. The van der Waals surface area contributed by atoms with Crippen LogP contribution < -0.4 is 14.8 Å². The lowest BCUT2D eigenvalue weighted by molar-refractivity contribution is -0.122. The van der Waals surface area contributed by atoms with E-state index in [1.807, 2.05) is 56.3 Å². The summed E-state index contributed by atoms with van der Waals surface area (Å²) in [5.41, 5.74) is 2.07. The Morgan fingerprint density at radius 1 is 1.21 bits per heavy atom. The van der Waals surface area contributed by atoms with Gasteiger partial charge >= 0.3 is 0 Å². The lowest BCUT2D eigenvalue weighted by atomic mass is 10.1. The van der Waals surface area contributed by atoms with Crippen molar-refractivity contribution >= 4 is 21.8 Å². The summed E-state index contributed by atoms with van der Waals surface area (Å²) in [7, 11) is 1.62. The number of methoxy groups -OCH3 is 1. The Labute approximate surface area is 151 Å². The van der Waals surface area contributed by atoms with Crippen LogP contribution in [0.4, 0.5) is 0 Å². The Hall–Kier alpha value is -2.01. The molecule has 128 valence electrons. The molecular weight excluding hydrogens is 370 g/mol. The van der Waals surface area contributed by atoms with Gasteiger partial charge in [0.2, 0.25) is 5.91 Å². The molecule has 0 aliphatic carbocycles. The van der Waals surface area contributed by atoms with E-state index in [-0.39, 0.29) is 11.9 Å². The fourth-order valence-corrected chi connectivity index (χ4v) is 2.88.